The quantitative estimate of drug-likeness (QED) is 0.907. The SMILES string of the molecule is N#Cc1ccc(F)c(CN2CC(C(=O)O)CCC2=O)c1. The third kappa shape index (κ3) is 2.94. The van der Waals surface area contributed by atoms with Gasteiger partial charge in [-0.2, -0.15) is 5.26 Å². The molecule has 1 aromatic carbocycles. The molecular weight excluding hydrogens is 263 g/mol. The summed E-state index contributed by atoms with van der Waals surface area (Å²) in [5.41, 5.74) is 0.532. The fraction of sp³-hybridized carbons (Fsp3) is 0.357. The minimum atomic E-state index is -0.950. The van der Waals surface area contributed by atoms with Gasteiger partial charge in [0.05, 0.1) is 17.6 Å². The van der Waals surface area contributed by atoms with E-state index in [9.17, 15) is 14.0 Å². The van der Waals surface area contributed by atoms with Crippen LogP contribution in [0.25, 0.3) is 0 Å². The maximum absolute atomic E-state index is 13.7. The molecule has 20 heavy (non-hydrogen) atoms. The number of carboxylic acids is 1. The lowest BCUT2D eigenvalue weighted by Crippen LogP contribution is -2.42. The number of aliphatic carboxylic acids is 1. The minimum Gasteiger partial charge on any atom is -0.481 e. The Bertz CT molecular complexity index is 595. The zero-order valence-electron chi connectivity index (χ0n) is 10.7. The molecule has 0 bridgehead atoms. The van der Waals surface area contributed by atoms with Gasteiger partial charge in [0.15, 0.2) is 0 Å². The van der Waals surface area contributed by atoms with Gasteiger partial charge in [-0.25, -0.2) is 4.39 Å². The van der Waals surface area contributed by atoms with E-state index in [4.69, 9.17) is 10.4 Å². The number of halogens is 1. The molecule has 1 aliphatic rings. The number of carbonyl (C=O) groups is 2. The molecular formula is C14H13FN2O3. The number of carboxylic acid groups (broad SMARTS) is 1. The van der Waals surface area contributed by atoms with Gasteiger partial charge in [0, 0.05) is 25.1 Å². The zero-order valence-corrected chi connectivity index (χ0v) is 10.7. The van der Waals surface area contributed by atoms with Gasteiger partial charge < -0.3 is 10.0 Å². The fourth-order valence-electron chi connectivity index (χ4n) is 2.24. The van der Waals surface area contributed by atoms with E-state index in [1.165, 1.54) is 23.1 Å². The highest BCUT2D eigenvalue weighted by atomic mass is 19.1. The van der Waals surface area contributed by atoms with Crippen LogP contribution in [0.5, 0.6) is 0 Å². The van der Waals surface area contributed by atoms with Gasteiger partial charge in [-0.15, -0.1) is 0 Å². The largest absolute Gasteiger partial charge is 0.481 e. The van der Waals surface area contributed by atoms with Crippen LogP contribution >= 0.6 is 0 Å². The van der Waals surface area contributed by atoms with E-state index in [-0.39, 0.29) is 31.0 Å². The highest BCUT2D eigenvalue weighted by Gasteiger charge is 2.30. The van der Waals surface area contributed by atoms with Crippen molar-refractivity contribution in [3.05, 3.63) is 35.1 Å². The van der Waals surface area contributed by atoms with E-state index in [0.29, 0.717) is 12.0 Å². The Labute approximate surface area is 115 Å². The van der Waals surface area contributed by atoms with Crippen LogP contribution in [0.3, 0.4) is 0 Å². The molecule has 104 valence electrons. The van der Waals surface area contributed by atoms with Crippen molar-refractivity contribution in [2.24, 2.45) is 5.92 Å². The molecule has 1 saturated heterocycles. The molecule has 2 rings (SSSR count). The Balaban J connectivity index is 2.18. The van der Waals surface area contributed by atoms with Gasteiger partial charge in [-0.1, -0.05) is 0 Å². The molecule has 1 aromatic rings. The molecule has 1 heterocycles. The van der Waals surface area contributed by atoms with Crippen molar-refractivity contribution in [1.29, 1.82) is 5.26 Å². The first kappa shape index (κ1) is 14.0. The summed E-state index contributed by atoms with van der Waals surface area (Å²) in [5, 5.41) is 17.8. The molecule has 0 aliphatic carbocycles. The summed E-state index contributed by atoms with van der Waals surface area (Å²) in [6, 6.07) is 5.82. The van der Waals surface area contributed by atoms with Gasteiger partial charge in [0.25, 0.3) is 0 Å². The zero-order chi connectivity index (χ0) is 14.7. The van der Waals surface area contributed by atoms with E-state index in [2.05, 4.69) is 0 Å². The fourth-order valence-corrected chi connectivity index (χ4v) is 2.24. The second kappa shape index (κ2) is 5.70. The molecule has 1 unspecified atom stereocenters. The van der Waals surface area contributed by atoms with Gasteiger partial charge in [-0.05, 0) is 24.6 Å². The number of carbonyl (C=O) groups excluding carboxylic acids is 1. The summed E-state index contributed by atoms with van der Waals surface area (Å²) in [5.74, 6) is -2.26. The van der Waals surface area contributed by atoms with Crippen LogP contribution in [0.2, 0.25) is 0 Å². The van der Waals surface area contributed by atoms with Crippen LogP contribution in [0.1, 0.15) is 24.0 Å². The highest BCUT2D eigenvalue weighted by molar-refractivity contribution is 5.80. The monoisotopic (exact) mass is 276 g/mol. The third-order valence-electron chi connectivity index (χ3n) is 3.39. The van der Waals surface area contributed by atoms with Crippen LogP contribution in [0.15, 0.2) is 18.2 Å². The lowest BCUT2D eigenvalue weighted by Gasteiger charge is -2.30. The highest BCUT2D eigenvalue weighted by Crippen LogP contribution is 2.21. The predicted octanol–water partition coefficient (Wildman–Crippen LogP) is 1.52. The van der Waals surface area contributed by atoms with Gasteiger partial charge in [-0.3, -0.25) is 9.59 Å². The number of nitrogens with zero attached hydrogens (tertiary/aromatic N) is 2. The molecule has 0 saturated carbocycles. The molecule has 1 N–H and O–H groups in total. The molecule has 0 spiro atoms. The first-order valence-corrected chi connectivity index (χ1v) is 6.20. The standard InChI is InChI=1S/C14H13FN2O3/c15-12-3-1-9(6-16)5-11(12)8-17-7-10(14(19)20)2-4-13(17)18/h1,3,5,10H,2,4,7-8H2,(H,19,20). The van der Waals surface area contributed by atoms with Crippen LogP contribution in [-0.2, 0) is 16.1 Å². The van der Waals surface area contributed by atoms with E-state index in [1.807, 2.05) is 6.07 Å². The normalized spacial score (nSPS) is 18.7. The first-order valence-electron chi connectivity index (χ1n) is 6.20. The summed E-state index contributed by atoms with van der Waals surface area (Å²) in [7, 11) is 0. The molecule has 0 aromatic heterocycles. The summed E-state index contributed by atoms with van der Waals surface area (Å²) in [6.07, 6.45) is 0.460. The summed E-state index contributed by atoms with van der Waals surface area (Å²) in [4.78, 5) is 24.1. The van der Waals surface area contributed by atoms with E-state index < -0.39 is 17.7 Å². The number of benzene rings is 1. The number of hydrogen-bond donors (Lipinski definition) is 1. The maximum atomic E-state index is 13.7. The van der Waals surface area contributed by atoms with Crippen molar-refractivity contribution in [3.63, 3.8) is 0 Å². The van der Waals surface area contributed by atoms with Crippen molar-refractivity contribution in [2.45, 2.75) is 19.4 Å². The van der Waals surface area contributed by atoms with Crippen molar-refractivity contribution in [2.75, 3.05) is 6.54 Å². The number of nitriles is 1. The van der Waals surface area contributed by atoms with Crippen LogP contribution in [-0.4, -0.2) is 28.4 Å². The smallest absolute Gasteiger partial charge is 0.308 e. The average molecular weight is 276 g/mol. The van der Waals surface area contributed by atoms with E-state index in [1.54, 1.807) is 0 Å². The third-order valence-corrected chi connectivity index (χ3v) is 3.39. The molecule has 1 aliphatic heterocycles. The number of piperidine rings is 1. The van der Waals surface area contributed by atoms with Gasteiger partial charge in [0.1, 0.15) is 5.82 Å². The number of hydrogen-bond acceptors (Lipinski definition) is 3. The second-order valence-electron chi connectivity index (χ2n) is 4.77. The molecule has 6 heteroatoms. The predicted molar refractivity (Wildman–Crippen MR) is 66.9 cm³/mol. The van der Waals surface area contributed by atoms with Crippen LogP contribution < -0.4 is 0 Å². The average Bonchev–Trinajstić information content (AvgIpc) is 2.43. The lowest BCUT2D eigenvalue weighted by atomic mass is 9.97. The van der Waals surface area contributed by atoms with Crippen molar-refractivity contribution in [3.8, 4) is 6.07 Å². The van der Waals surface area contributed by atoms with Crippen molar-refractivity contribution >= 4 is 11.9 Å². The Morgan fingerprint density at radius 1 is 1.55 bits per heavy atom. The van der Waals surface area contributed by atoms with Crippen molar-refractivity contribution < 1.29 is 19.1 Å². The Morgan fingerprint density at radius 3 is 2.95 bits per heavy atom. The van der Waals surface area contributed by atoms with E-state index in [0.717, 1.165) is 0 Å². The Hall–Kier alpha value is -2.42. The van der Waals surface area contributed by atoms with E-state index >= 15 is 0 Å². The summed E-state index contributed by atoms with van der Waals surface area (Å²) in [6.45, 7) is 0.0638. The summed E-state index contributed by atoms with van der Waals surface area (Å²) >= 11 is 0. The van der Waals surface area contributed by atoms with Crippen LogP contribution in [0.4, 0.5) is 4.39 Å². The molecule has 0 radical (unpaired) electrons. The Kier molecular flexibility index (Phi) is 3.99. The number of likely N-dealkylation sites (tertiary alicyclic amines) is 1. The molecule has 1 atom stereocenters. The van der Waals surface area contributed by atoms with Crippen LogP contribution in [0, 0.1) is 23.1 Å². The second-order valence-corrected chi connectivity index (χ2v) is 4.77. The molecule has 1 amide bonds. The maximum Gasteiger partial charge on any atom is 0.308 e. The topological polar surface area (TPSA) is 81.4 Å². The van der Waals surface area contributed by atoms with Gasteiger partial charge >= 0.3 is 5.97 Å². The number of rotatable bonds is 3. The molecule has 1 fully saturated rings. The first-order chi connectivity index (χ1) is 9.51. The summed E-state index contributed by atoms with van der Waals surface area (Å²) < 4.78 is 13.7. The Morgan fingerprint density at radius 2 is 2.30 bits per heavy atom. The minimum absolute atomic E-state index is 0.00995. The number of amides is 1. The van der Waals surface area contributed by atoms with Gasteiger partial charge in [0.2, 0.25) is 5.91 Å². The lowest BCUT2D eigenvalue weighted by molar-refractivity contribution is -0.147. The van der Waals surface area contributed by atoms with Crippen molar-refractivity contribution in [1.82, 2.24) is 4.90 Å². The molecule has 5 nitrogen and oxygen atoms in total.